The summed E-state index contributed by atoms with van der Waals surface area (Å²) in [6.07, 6.45) is 9.51. The molecule has 4 rings (SSSR count). The molecule has 0 N–H and O–H groups in total. The Morgan fingerprint density at radius 2 is 1.19 bits per heavy atom. The predicted octanol–water partition coefficient (Wildman–Crippen LogP) is 4.10. The van der Waals surface area contributed by atoms with Crippen molar-refractivity contribution in [2.45, 2.75) is 74.8 Å². The van der Waals surface area contributed by atoms with E-state index in [-0.39, 0.29) is 0 Å². The van der Waals surface area contributed by atoms with E-state index in [0.717, 1.165) is 34.9 Å². The number of thioether (sulfide) groups is 2. The molecule has 0 aliphatic heterocycles. The summed E-state index contributed by atoms with van der Waals surface area (Å²) in [7, 11) is 0. The van der Waals surface area contributed by atoms with Crippen LogP contribution < -0.4 is 0 Å². The molecule has 0 atom stereocenters. The minimum absolute atomic E-state index is 0.653. The lowest BCUT2D eigenvalue weighted by atomic mass is 10.4. The highest BCUT2D eigenvalue weighted by atomic mass is 32.2. The van der Waals surface area contributed by atoms with E-state index in [9.17, 15) is 0 Å². The lowest BCUT2D eigenvalue weighted by molar-refractivity contribution is 0.644. The summed E-state index contributed by atoms with van der Waals surface area (Å²) in [4.78, 5) is 0. The molecule has 2 saturated carbocycles. The summed E-state index contributed by atoms with van der Waals surface area (Å²) in [5, 5.41) is 19.6. The maximum Gasteiger partial charge on any atom is 0.191 e. The number of nitrogens with zero attached hydrogens (tertiary/aromatic N) is 6. The molecule has 2 aliphatic rings. The molecule has 2 aromatic rings. The van der Waals surface area contributed by atoms with Crippen LogP contribution in [0, 0.1) is 0 Å². The predicted molar refractivity (Wildman–Crippen MR) is 106 cm³/mol. The topological polar surface area (TPSA) is 61.4 Å². The molecule has 0 aromatic carbocycles. The second-order valence-electron chi connectivity index (χ2n) is 6.81. The first-order valence-electron chi connectivity index (χ1n) is 9.58. The first-order chi connectivity index (χ1) is 12.8. The van der Waals surface area contributed by atoms with Crippen molar-refractivity contribution < 1.29 is 0 Å². The van der Waals surface area contributed by atoms with Gasteiger partial charge >= 0.3 is 0 Å². The van der Waals surface area contributed by atoms with Crippen molar-refractivity contribution in [2.24, 2.45) is 0 Å². The molecule has 8 heteroatoms. The summed E-state index contributed by atoms with van der Waals surface area (Å²) < 4.78 is 4.54. The average Bonchev–Trinajstić information content (AvgIpc) is 3.59. The van der Waals surface area contributed by atoms with Crippen LogP contribution in [0.5, 0.6) is 0 Å². The first kappa shape index (κ1) is 18.1. The first-order valence-corrected chi connectivity index (χ1v) is 11.6. The summed E-state index contributed by atoms with van der Waals surface area (Å²) in [5.74, 6) is 5.52. The standard InChI is InChI=1S/C18H26N6S2/c1-3-23-15(13-7-8-13)19-21-17(23)25-11-5-6-12-26-18-22-20-16(14-9-10-14)24(18)4-2/h5-6,13-14H,3-4,7-12H2,1-2H3. The van der Waals surface area contributed by atoms with Gasteiger partial charge in [0.15, 0.2) is 10.3 Å². The van der Waals surface area contributed by atoms with Crippen molar-refractivity contribution in [1.82, 2.24) is 29.5 Å². The Morgan fingerprint density at radius 1 is 0.769 bits per heavy atom. The van der Waals surface area contributed by atoms with Gasteiger partial charge in [-0.3, -0.25) is 0 Å². The fraction of sp³-hybridized carbons (Fsp3) is 0.667. The van der Waals surface area contributed by atoms with Crippen molar-refractivity contribution in [2.75, 3.05) is 11.5 Å². The van der Waals surface area contributed by atoms with E-state index in [2.05, 4.69) is 55.5 Å². The Labute approximate surface area is 163 Å². The highest BCUT2D eigenvalue weighted by molar-refractivity contribution is 7.99. The van der Waals surface area contributed by atoms with Crippen molar-refractivity contribution in [1.29, 1.82) is 0 Å². The highest BCUT2D eigenvalue weighted by Gasteiger charge is 2.30. The number of rotatable bonds is 10. The van der Waals surface area contributed by atoms with Crippen molar-refractivity contribution in [3.05, 3.63) is 23.8 Å². The van der Waals surface area contributed by atoms with Gasteiger partial charge in [-0.1, -0.05) is 35.7 Å². The maximum absolute atomic E-state index is 4.39. The van der Waals surface area contributed by atoms with Gasteiger partial charge in [-0.15, -0.1) is 20.4 Å². The lowest BCUT2D eigenvalue weighted by Gasteiger charge is -2.05. The van der Waals surface area contributed by atoms with Crippen LogP contribution in [0.4, 0.5) is 0 Å². The monoisotopic (exact) mass is 390 g/mol. The fourth-order valence-corrected chi connectivity index (χ4v) is 4.79. The third-order valence-electron chi connectivity index (χ3n) is 4.79. The number of hydrogen-bond donors (Lipinski definition) is 0. The second-order valence-corrected chi connectivity index (χ2v) is 8.79. The molecule has 140 valence electrons. The van der Waals surface area contributed by atoms with Gasteiger partial charge in [-0.25, -0.2) is 0 Å². The van der Waals surface area contributed by atoms with E-state index in [0.29, 0.717) is 11.8 Å². The maximum atomic E-state index is 4.39. The smallest absolute Gasteiger partial charge is 0.191 e. The van der Waals surface area contributed by atoms with Crippen LogP contribution in [0.2, 0.25) is 0 Å². The van der Waals surface area contributed by atoms with Gasteiger partial charge in [0.2, 0.25) is 0 Å². The Hall–Kier alpha value is -1.28. The molecule has 0 amide bonds. The molecule has 0 unspecified atom stereocenters. The largest absolute Gasteiger partial charge is 0.306 e. The van der Waals surface area contributed by atoms with Gasteiger partial charge in [-0.05, 0) is 39.5 Å². The number of aromatic nitrogens is 6. The molecule has 2 fully saturated rings. The minimum atomic E-state index is 0.653. The second kappa shape index (κ2) is 8.17. The van der Waals surface area contributed by atoms with Crippen molar-refractivity contribution in [3.8, 4) is 0 Å². The molecule has 0 bridgehead atoms. The zero-order valence-electron chi connectivity index (χ0n) is 15.5. The molecule has 2 aliphatic carbocycles. The van der Waals surface area contributed by atoms with Crippen LogP contribution in [0.25, 0.3) is 0 Å². The van der Waals surface area contributed by atoms with Gasteiger partial charge in [0.1, 0.15) is 11.6 Å². The van der Waals surface area contributed by atoms with Gasteiger partial charge in [0, 0.05) is 36.4 Å². The summed E-state index contributed by atoms with van der Waals surface area (Å²) in [5.41, 5.74) is 0. The zero-order chi connectivity index (χ0) is 17.9. The molecule has 0 radical (unpaired) electrons. The van der Waals surface area contributed by atoms with Crippen molar-refractivity contribution >= 4 is 23.5 Å². The van der Waals surface area contributed by atoms with Crippen molar-refractivity contribution in [3.63, 3.8) is 0 Å². The van der Waals surface area contributed by atoms with E-state index in [1.165, 1.54) is 37.3 Å². The average molecular weight is 391 g/mol. The summed E-state index contributed by atoms with van der Waals surface area (Å²) in [6.45, 7) is 6.25. The molecule has 2 aromatic heterocycles. The highest BCUT2D eigenvalue weighted by Crippen LogP contribution is 2.40. The quantitative estimate of drug-likeness (QED) is 0.449. The Bertz CT molecular complexity index is 708. The van der Waals surface area contributed by atoms with E-state index in [4.69, 9.17) is 0 Å². The minimum Gasteiger partial charge on any atom is -0.306 e. The summed E-state index contributed by atoms with van der Waals surface area (Å²) in [6, 6.07) is 0. The van der Waals surface area contributed by atoms with Crippen LogP contribution >= 0.6 is 23.5 Å². The van der Waals surface area contributed by atoms with Gasteiger partial charge < -0.3 is 9.13 Å². The third kappa shape index (κ3) is 4.01. The Balaban J connectivity index is 1.25. The third-order valence-corrected chi connectivity index (χ3v) is 6.63. The summed E-state index contributed by atoms with van der Waals surface area (Å²) >= 11 is 3.54. The van der Waals surface area contributed by atoms with Gasteiger partial charge in [0.25, 0.3) is 0 Å². The van der Waals surface area contributed by atoms with Crippen LogP contribution in [0.15, 0.2) is 22.5 Å². The van der Waals surface area contributed by atoms with Gasteiger partial charge in [0.05, 0.1) is 0 Å². The van der Waals surface area contributed by atoms with Crippen LogP contribution in [-0.2, 0) is 13.1 Å². The lowest BCUT2D eigenvalue weighted by Crippen LogP contribution is -2.02. The van der Waals surface area contributed by atoms with E-state index in [1.54, 1.807) is 23.5 Å². The van der Waals surface area contributed by atoms with Crippen LogP contribution in [0.1, 0.15) is 63.0 Å². The molecular weight excluding hydrogens is 364 g/mol. The van der Waals surface area contributed by atoms with Crippen LogP contribution in [-0.4, -0.2) is 41.0 Å². The van der Waals surface area contributed by atoms with E-state index >= 15 is 0 Å². The molecular formula is C18H26N6S2. The zero-order valence-corrected chi connectivity index (χ0v) is 17.1. The number of hydrogen-bond acceptors (Lipinski definition) is 6. The molecule has 0 spiro atoms. The van der Waals surface area contributed by atoms with Gasteiger partial charge in [-0.2, -0.15) is 0 Å². The van der Waals surface area contributed by atoms with Crippen LogP contribution in [0.3, 0.4) is 0 Å². The SMILES string of the molecule is CCn1c(SCC=CCSc2nnc(C3CC3)n2CC)nnc1C1CC1. The van der Waals surface area contributed by atoms with E-state index in [1.807, 2.05) is 0 Å². The normalized spacial score (nSPS) is 17.5. The molecule has 26 heavy (non-hydrogen) atoms. The molecule has 0 saturated heterocycles. The Morgan fingerprint density at radius 3 is 1.54 bits per heavy atom. The fourth-order valence-electron chi connectivity index (χ4n) is 3.08. The molecule has 6 nitrogen and oxygen atoms in total. The van der Waals surface area contributed by atoms with E-state index < -0.39 is 0 Å². The Kier molecular flexibility index (Phi) is 5.69. The molecule has 2 heterocycles.